The van der Waals surface area contributed by atoms with E-state index in [4.69, 9.17) is 39.5 Å². The molecule has 1 aliphatic carbocycles. The number of Topliss-reactive ketones (excluding diaryl/α,β-unsaturated/α-hetero) is 1. The molecule has 0 N–H and O–H groups in total. The maximum absolute atomic E-state index is 12.5. The molecular weight excluding hydrogens is 453 g/mol. The van der Waals surface area contributed by atoms with Gasteiger partial charge in [0.05, 0.1) is 20.8 Å². The van der Waals surface area contributed by atoms with Crippen LogP contribution in [0.4, 0.5) is 0 Å². The number of carbonyl (C=O) groups excluding carboxylic acids is 1. The van der Waals surface area contributed by atoms with E-state index >= 15 is 0 Å². The molecule has 0 bridgehead atoms. The van der Waals surface area contributed by atoms with E-state index in [2.05, 4.69) is 14.8 Å². The summed E-state index contributed by atoms with van der Waals surface area (Å²) in [5.74, 6) is 1.50. The van der Waals surface area contributed by atoms with Crippen LogP contribution in [-0.2, 0) is 6.61 Å². The van der Waals surface area contributed by atoms with Crippen molar-refractivity contribution in [3.8, 4) is 5.75 Å². The predicted octanol–water partition coefficient (Wildman–Crippen LogP) is 6.13. The first-order valence-electron chi connectivity index (χ1n) is 8.95. The molecule has 0 unspecified atom stereocenters. The average Bonchev–Trinajstić information content (AvgIpc) is 3.47. The average molecular weight is 469 g/mol. The van der Waals surface area contributed by atoms with E-state index in [1.807, 2.05) is 18.2 Å². The van der Waals surface area contributed by atoms with Crippen molar-refractivity contribution < 1.29 is 9.53 Å². The van der Waals surface area contributed by atoms with Gasteiger partial charge >= 0.3 is 0 Å². The fraction of sp³-hybridized carbons (Fsp3) is 0.250. The molecule has 3 aromatic rings. The Kier molecular flexibility index (Phi) is 6.35. The molecule has 0 aliphatic heterocycles. The number of carbonyl (C=O) groups is 1. The van der Waals surface area contributed by atoms with Crippen LogP contribution in [0.5, 0.6) is 5.75 Å². The number of nitrogens with zero attached hydrogens (tertiary/aromatic N) is 3. The van der Waals surface area contributed by atoms with Crippen LogP contribution < -0.4 is 4.74 Å². The second-order valence-corrected chi connectivity index (χ2v) is 8.72. The minimum atomic E-state index is -0.0484. The lowest BCUT2D eigenvalue weighted by atomic mass is 10.1. The lowest BCUT2D eigenvalue weighted by Crippen LogP contribution is -2.08. The Labute approximate surface area is 187 Å². The van der Waals surface area contributed by atoms with Gasteiger partial charge < -0.3 is 4.74 Å². The van der Waals surface area contributed by atoms with E-state index in [1.165, 1.54) is 11.8 Å². The van der Waals surface area contributed by atoms with E-state index in [-0.39, 0.29) is 18.1 Å². The summed E-state index contributed by atoms with van der Waals surface area (Å²) in [6.45, 7) is 0.258. The topological polar surface area (TPSA) is 57.0 Å². The minimum Gasteiger partial charge on any atom is -0.484 e. The van der Waals surface area contributed by atoms with Gasteiger partial charge in [-0.2, -0.15) is 0 Å². The highest BCUT2D eigenvalue weighted by Crippen LogP contribution is 2.39. The summed E-state index contributed by atoms with van der Waals surface area (Å²) in [5.41, 5.74) is 0.520. The Morgan fingerprint density at radius 3 is 2.59 bits per heavy atom. The summed E-state index contributed by atoms with van der Waals surface area (Å²) in [5, 5.41) is 10.6. The van der Waals surface area contributed by atoms with Gasteiger partial charge in [0.2, 0.25) is 0 Å². The number of halogens is 3. The van der Waals surface area contributed by atoms with Crippen molar-refractivity contribution in [3.05, 3.63) is 68.9 Å². The number of ketones is 1. The summed E-state index contributed by atoms with van der Waals surface area (Å²) in [6, 6.07) is 12.5. The van der Waals surface area contributed by atoms with Crippen LogP contribution in [0.1, 0.15) is 35.1 Å². The minimum absolute atomic E-state index is 0.0484. The van der Waals surface area contributed by atoms with E-state index in [1.54, 1.807) is 24.3 Å². The molecule has 29 heavy (non-hydrogen) atoms. The molecule has 1 saturated carbocycles. The Morgan fingerprint density at radius 1 is 1.07 bits per heavy atom. The number of benzene rings is 2. The van der Waals surface area contributed by atoms with Crippen LogP contribution in [0.2, 0.25) is 15.1 Å². The second-order valence-electron chi connectivity index (χ2n) is 6.56. The first kappa shape index (κ1) is 20.5. The first-order chi connectivity index (χ1) is 14.0. The molecule has 5 nitrogen and oxygen atoms in total. The molecule has 0 atom stereocenters. The third kappa shape index (κ3) is 4.89. The highest BCUT2D eigenvalue weighted by atomic mass is 35.5. The summed E-state index contributed by atoms with van der Waals surface area (Å²) < 4.78 is 7.87. The van der Waals surface area contributed by atoms with Gasteiger partial charge in [0.1, 0.15) is 12.4 Å². The third-order valence-electron chi connectivity index (χ3n) is 4.41. The van der Waals surface area contributed by atoms with Gasteiger partial charge in [-0.1, -0.05) is 58.7 Å². The van der Waals surface area contributed by atoms with Crippen LogP contribution in [0.25, 0.3) is 0 Å². The molecular formula is C20H16Cl3N3O2S. The van der Waals surface area contributed by atoms with Crippen molar-refractivity contribution in [1.29, 1.82) is 0 Å². The zero-order chi connectivity index (χ0) is 20.4. The fourth-order valence-corrected chi connectivity index (χ4v) is 4.20. The van der Waals surface area contributed by atoms with E-state index in [0.29, 0.717) is 37.6 Å². The zero-order valence-electron chi connectivity index (χ0n) is 15.1. The Bertz CT molecular complexity index is 1050. The van der Waals surface area contributed by atoms with E-state index in [0.717, 1.165) is 18.7 Å². The van der Waals surface area contributed by atoms with Gasteiger partial charge in [-0.05, 0) is 43.2 Å². The van der Waals surface area contributed by atoms with Crippen molar-refractivity contribution in [2.75, 3.05) is 5.75 Å². The quantitative estimate of drug-likeness (QED) is 0.294. The Morgan fingerprint density at radius 2 is 1.86 bits per heavy atom. The standard InChI is InChI=1S/C20H16Cl3N3O2S/c21-14-8-5-12(9-16(14)23)17(27)11-29-20-25-24-19(26(20)13-6-7-13)10-28-18-4-2-1-3-15(18)22/h1-5,8-9,13H,6-7,10-11H2. The van der Waals surface area contributed by atoms with Crippen LogP contribution in [-0.4, -0.2) is 26.3 Å². The molecule has 0 spiro atoms. The SMILES string of the molecule is O=C(CSc1nnc(COc2ccccc2Cl)n1C1CC1)c1ccc(Cl)c(Cl)c1. The second kappa shape index (κ2) is 8.96. The number of hydrogen-bond acceptors (Lipinski definition) is 5. The van der Waals surface area contributed by atoms with Crippen molar-refractivity contribution in [1.82, 2.24) is 14.8 Å². The smallest absolute Gasteiger partial charge is 0.192 e. The van der Waals surface area contributed by atoms with Gasteiger partial charge in [0.25, 0.3) is 0 Å². The van der Waals surface area contributed by atoms with Gasteiger partial charge in [0.15, 0.2) is 16.8 Å². The highest BCUT2D eigenvalue weighted by Gasteiger charge is 2.30. The molecule has 9 heteroatoms. The lowest BCUT2D eigenvalue weighted by Gasteiger charge is -2.10. The molecule has 1 heterocycles. The molecule has 1 aliphatic rings. The van der Waals surface area contributed by atoms with Crippen molar-refractivity contribution in [2.45, 2.75) is 30.6 Å². The molecule has 0 saturated heterocycles. The van der Waals surface area contributed by atoms with Gasteiger partial charge in [-0.25, -0.2) is 0 Å². The van der Waals surface area contributed by atoms with Gasteiger partial charge in [-0.3, -0.25) is 9.36 Å². The summed E-state index contributed by atoms with van der Waals surface area (Å²) >= 11 is 19.4. The highest BCUT2D eigenvalue weighted by molar-refractivity contribution is 7.99. The molecule has 0 amide bonds. The number of rotatable bonds is 8. The third-order valence-corrected chi connectivity index (χ3v) is 6.41. The number of ether oxygens (including phenoxy) is 1. The number of aromatic nitrogens is 3. The fourth-order valence-electron chi connectivity index (χ4n) is 2.79. The largest absolute Gasteiger partial charge is 0.484 e. The normalized spacial score (nSPS) is 13.5. The van der Waals surface area contributed by atoms with E-state index in [9.17, 15) is 4.79 Å². The van der Waals surface area contributed by atoms with Crippen molar-refractivity contribution in [3.63, 3.8) is 0 Å². The van der Waals surface area contributed by atoms with Gasteiger partial charge in [-0.15, -0.1) is 10.2 Å². The van der Waals surface area contributed by atoms with Crippen molar-refractivity contribution >= 4 is 52.3 Å². The summed E-state index contributed by atoms with van der Waals surface area (Å²) in [4.78, 5) is 12.5. The molecule has 1 aromatic heterocycles. The predicted molar refractivity (Wildman–Crippen MR) is 116 cm³/mol. The maximum atomic E-state index is 12.5. The molecule has 150 valence electrons. The molecule has 0 radical (unpaired) electrons. The number of thioether (sulfide) groups is 1. The van der Waals surface area contributed by atoms with E-state index < -0.39 is 0 Å². The first-order valence-corrected chi connectivity index (χ1v) is 11.1. The monoisotopic (exact) mass is 467 g/mol. The van der Waals surface area contributed by atoms with Crippen LogP contribution in [0, 0.1) is 0 Å². The summed E-state index contributed by atoms with van der Waals surface area (Å²) in [7, 11) is 0. The molecule has 2 aromatic carbocycles. The van der Waals surface area contributed by atoms with Crippen LogP contribution in [0.3, 0.4) is 0 Å². The molecule has 4 rings (SSSR count). The lowest BCUT2D eigenvalue weighted by molar-refractivity contribution is 0.102. The summed E-state index contributed by atoms with van der Waals surface area (Å²) in [6.07, 6.45) is 2.12. The number of hydrogen-bond donors (Lipinski definition) is 0. The zero-order valence-corrected chi connectivity index (χ0v) is 18.2. The molecule has 1 fully saturated rings. The Balaban J connectivity index is 1.45. The Hall–Kier alpha value is -1.73. The van der Waals surface area contributed by atoms with Crippen LogP contribution >= 0.6 is 46.6 Å². The number of para-hydroxylation sites is 1. The maximum Gasteiger partial charge on any atom is 0.192 e. The van der Waals surface area contributed by atoms with Gasteiger partial charge in [0, 0.05) is 11.6 Å². The van der Waals surface area contributed by atoms with Crippen LogP contribution in [0.15, 0.2) is 47.6 Å². The van der Waals surface area contributed by atoms with Crippen molar-refractivity contribution in [2.24, 2.45) is 0 Å².